The summed E-state index contributed by atoms with van der Waals surface area (Å²) in [5, 5.41) is 0.451. The minimum absolute atomic E-state index is 0.220. The second kappa shape index (κ2) is 6.00. The fraction of sp³-hybridized carbons (Fsp3) is 0.600. The standard InChI is InChI=1S/C15H21ClN2O3S/c1-17(2)9-11-3-5-18(10-11)22(19,20)14-8-13(16)7-12-4-6-21-15(12)14/h7-8,11H,3-6,9-10H2,1-2H3/t11-/m1/s1. The summed E-state index contributed by atoms with van der Waals surface area (Å²) in [6.07, 6.45) is 1.60. The quantitative estimate of drug-likeness (QED) is 0.836. The van der Waals surface area contributed by atoms with Crippen molar-refractivity contribution < 1.29 is 13.2 Å². The lowest BCUT2D eigenvalue weighted by Crippen LogP contribution is -2.31. The summed E-state index contributed by atoms with van der Waals surface area (Å²) in [5.41, 5.74) is 0.884. The Kier molecular flexibility index (Phi) is 4.38. The number of sulfonamides is 1. The average Bonchev–Trinajstić information content (AvgIpc) is 3.05. The molecule has 2 aliphatic heterocycles. The second-order valence-electron chi connectivity index (χ2n) is 6.27. The van der Waals surface area contributed by atoms with Gasteiger partial charge < -0.3 is 9.64 Å². The molecule has 1 atom stereocenters. The van der Waals surface area contributed by atoms with Gasteiger partial charge in [-0.1, -0.05) is 11.6 Å². The molecule has 0 N–H and O–H groups in total. The average molecular weight is 345 g/mol. The van der Waals surface area contributed by atoms with E-state index in [9.17, 15) is 8.42 Å². The van der Waals surface area contributed by atoms with Crippen LogP contribution in [0.5, 0.6) is 5.75 Å². The number of hydrogen-bond acceptors (Lipinski definition) is 4. The molecule has 2 heterocycles. The lowest BCUT2D eigenvalue weighted by molar-refractivity contribution is 0.328. The van der Waals surface area contributed by atoms with E-state index in [-0.39, 0.29) is 4.90 Å². The third-order valence-corrected chi connectivity index (χ3v) is 6.29. The summed E-state index contributed by atoms with van der Waals surface area (Å²) < 4.78 is 33.0. The summed E-state index contributed by atoms with van der Waals surface area (Å²) in [7, 11) is 0.468. The number of rotatable bonds is 4. The van der Waals surface area contributed by atoms with E-state index in [0.717, 1.165) is 18.5 Å². The van der Waals surface area contributed by atoms with Crippen LogP contribution >= 0.6 is 11.6 Å². The summed E-state index contributed by atoms with van der Waals surface area (Å²) >= 11 is 6.09. The Morgan fingerprint density at radius 2 is 2.18 bits per heavy atom. The maximum atomic E-state index is 13.0. The second-order valence-corrected chi connectivity index (χ2v) is 8.61. The number of benzene rings is 1. The maximum absolute atomic E-state index is 13.0. The molecule has 0 unspecified atom stereocenters. The first kappa shape index (κ1) is 16.1. The summed E-state index contributed by atoms with van der Waals surface area (Å²) in [5.74, 6) is 0.860. The van der Waals surface area contributed by atoms with Gasteiger partial charge in [0.25, 0.3) is 0 Å². The molecule has 122 valence electrons. The van der Waals surface area contributed by atoms with Crippen LogP contribution < -0.4 is 4.74 Å². The fourth-order valence-electron chi connectivity index (χ4n) is 3.25. The SMILES string of the molecule is CN(C)C[C@H]1CCN(S(=O)(=O)c2cc(Cl)cc3c2OCC3)C1. The molecular weight excluding hydrogens is 324 g/mol. The predicted molar refractivity (Wildman–Crippen MR) is 86.1 cm³/mol. The van der Waals surface area contributed by atoms with Crippen LogP contribution in [0, 0.1) is 5.92 Å². The summed E-state index contributed by atoms with van der Waals surface area (Å²) in [6, 6.07) is 3.31. The van der Waals surface area contributed by atoms with E-state index in [1.54, 1.807) is 10.4 Å². The van der Waals surface area contributed by atoms with Gasteiger partial charge in [0.1, 0.15) is 10.6 Å². The third kappa shape index (κ3) is 2.97. The number of fused-ring (bicyclic) bond motifs is 1. The van der Waals surface area contributed by atoms with Gasteiger partial charge in [-0.15, -0.1) is 0 Å². The van der Waals surface area contributed by atoms with E-state index in [0.29, 0.717) is 42.8 Å². The van der Waals surface area contributed by atoms with E-state index in [1.165, 1.54) is 6.07 Å². The lowest BCUT2D eigenvalue weighted by Gasteiger charge is -2.19. The Bertz CT molecular complexity index is 676. The van der Waals surface area contributed by atoms with Crippen LogP contribution in [0.4, 0.5) is 0 Å². The highest BCUT2D eigenvalue weighted by molar-refractivity contribution is 7.89. The van der Waals surface area contributed by atoms with Crippen LogP contribution in [0.3, 0.4) is 0 Å². The van der Waals surface area contributed by atoms with E-state index in [2.05, 4.69) is 4.90 Å². The molecular formula is C15H21ClN2O3S. The minimum Gasteiger partial charge on any atom is -0.492 e. The lowest BCUT2D eigenvalue weighted by atomic mass is 10.1. The maximum Gasteiger partial charge on any atom is 0.246 e. The van der Waals surface area contributed by atoms with Gasteiger partial charge in [0.15, 0.2) is 0 Å². The summed E-state index contributed by atoms with van der Waals surface area (Å²) in [4.78, 5) is 2.32. The topological polar surface area (TPSA) is 49.9 Å². The van der Waals surface area contributed by atoms with Gasteiger partial charge in [-0.2, -0.15) is 4.31 Å². The van der Waals surface area contributed by atoms with Gasteiger partial charge in [-0.25, -0.2) is 8.42 Å². The molecule has 0 aromatic heterocycles. The van der Waals surface area contributed by atoms with Gasteiger partial charge in [0.2, 0.25) is 10.0 Å². The first-order valence-electron chi connectivity index (χ1n) is 7.48. The highest BCUT2D eigenvalue weighted by atomic mass is 35.5. The van der Waals surface area contributed by atoms with Gasteiger partial charge >= 0.3 is 0 Å². The minimum atomic E-state index is -3.55. The smallest absolute Gasteiger partial charge is 0.246 e. The van der Waals surface area contributed by atoms with Crippen LogP contribution in [0.15, 0.2) is 17.0 Å². The predicted octanol–water partition coefficient (Wildman–Crippen LogP) is 1.85. The van der Waals surface area contributed by atoms with Crippen LogP contribution in [0.25, 0.3) is 0 Å². The molecule has 1 aromatic carbocycles. The molecule has 0 aliphatic carbocycles. The molecule has 0 saturated carbocycles. The molecule has 7 heteroatoms. The summed E-state index contributed by atoms with van der Waals surface area (Å²) in [6.45, 7) is 2.53. The monoisotopic (exact) mass is 344 g/mol. The molecule has 5 nitrogen and oxygen atoms in total. The van der Waals surface area contributed by atoms with Crippen molar-refractivity contribution in [1.82, 2.24) is 9.21 Å². The van der Waals surface area contributed by atoms with E-state index in [1.807, 2.05) is 14.1 Å². The van der Waals surface area contributed by atoms with Crippen molar-refractivity contribution in [2.45, 2.75) is 17.7 Å². The van der Waals surface area contributed by atoms with Gasteiger partial charge in [0, 0.05) is 36.6 Å². The third-order valence-electron chi connectivity index (χ3n) is 4.20. The van der Waals surface area contributed by atoms with E-state index in [4.69, 9.17) is 16.3 Å². The Morgan fingerprint density at radius 1 is 1.41 bits per heavy atom. The molecule has 1 aromatic rings. The molecule has 3 rings (SSSR count). The van der Waals surface area contributed by atoms with E-state index >= 15 is 0 Å². The van der Waals surface area contributed by atoms with Crippen LogP contribution in [0.1, 0.15) is 12.0 Å². The number of halogens is 1. The Labute approximate surface area is 136 Å². The highest BCUT2D eigenvalue weighted by Crippen LogP contribution is 2.38. The van der Waals surface area contributed by atoms with Crippen molar-refractivity contribution >= 4 is 21.6 Å². The van der Waals surface area contributed by atoms with Gasteiger partial charge in [0.05, 0.1) is 6.61 Å². The largest absolute Gasteiger partial charge is 0.492 e. The normalized spacial score (nSPS) is 22.1. The Hall–Kier alpha value is -0.820. The molecule has 0 amide bonds. The van der Waals surface area contributed by atoms with Crippen molar-refractivity contribution in [2.24, 2.45) is 5.92 Å². The highest BCUT2D eigenvalue weighted by Gasteiger charge is 2.36. The first-order chi connectivity index (χ1) is 10.4. The van der Waals surface area contributed by atoms with Crippen LogP contribution in [-0.4, -0.2) is 58.0 Å². The zero-order valence-electron chi connectivity index (χ0n) is 12.9. The zero-order chi connectivity index (χ0) is 15.9. The van der Waals surface area contributed by atoms with Gasteiger partial charge in [-0.3, -0.25) is 0 Å². The number of ether oxygens (including phenoxy) is 1. The first-order valence-corrected chi connectivity index (χ1v) is 9.30. The van der Waals surface area contributed by atoms with Crippen LogP contribution in [0.2, 0.25) is 5.02 Å². The molecule has 1 saturated heterocycles. The van der Waals surface area contributed by atoms with Crippen molar-refractivity contribution in [3.05, 3.63) is 22.7 Å². The van der Waals surface area contributed by atoms with Crippen molar-refractivity contribution in [3.63, 3.8) is 0 Å². The van der Waals surface area contributed by atoms with Crippen molar-refractivity contribution in [2.75, 3.05) is 40.3 Å². The van der Waals surface area contributed by atoms with Gasteiger partial charge in [-0.05, 0) is 38.6 Å². The molecule has 1 fully saturated rings. The molecule has 0 radical (unpaired) electrons. The molecule has 2 aliphatic rings. The number of hydrogen-bond donors (Lipinski definition) is 0. The Morgan fingerprint density at radius 3 is 2.91 bits per heavy atom. The van der Waals surface area contributed by atoms with Crippen molar-refractivity contribution in [1.29, 1.82) is 0 Å². The van der Waals surface area contributed by atoms with Crippen molar-refractivity contribution in [3.8, 4) is 5.75 Å². The molecule has 0 spiro atoms. The number of nitrogens with zero attached hydrogens (tertiary/aromatic N) is 2. The molecule has 22 heavy (non-hydrogen) atoms. The zero-order valence-corrected chi connectivity index (χ0v) is 14.5. The fourth-order valence-corrected chi connectivity index (χ4v) is 5.28. The van der Waals surface area contributed by atoms with Crippen LogP contribution in [-0.2, 0) is 16.4 Å². The Balaban J connectivity index is 1.89. The molecule has 0 bridgehead atoms. The van der Waals surface area contributed by atoms with E-state index < -0.39 is 10.0 Å².